The van der Waals surface area contributed by atoms with Gasteiger partial charge in [-0.05, 0) is 69.6 Å². The minimum atomic E-state index is -0.720. The summed E-state index contributed by atoms with van der Waals surface area (Å²) in [5, 5.41) is 15.0. The molecule has 2 amide bonds. The molecule has 204 valence electrons. The normalized spacial score (nSPS) is 15.4. The summed E-state index contributed by atoms with van der Waals surface area (Å²) in [7, 11) is 0. The number of nitrogens with one attached hydrogen (secondary N) is 2. The molecule has 0 bridgehead atoms. The molecule has 0 radical (unpaired) electrons. The van der Waals surface area contributed by atoms with Crippen molar-refractivity contribution in [1.82, 2.24) is 20.2 Å². The zero-order valence-corrected chi connectivity index (χ0v) is 23.4. The number of likely N-dealkylation sites (tertiary alicyclic amines) is 1. The van der Waals surface area contributed by atoms with Gasteiger partial charge < -0.3 is 10.4 Å². The molecular weight excluding hydrogens is 537 g/mol. The number of anilines is 1. The second kappa shape index (κ2) is 11.8. The van der Waals surface area contributed by atoms with Crippen LogP contribution in [0.5, 0.6) is 0 Å². The number of thiazole rings is 1. The molecule has 1 aromatic carbocycles. The van der Waals surface area contributed by atoms with Gasteiger partial charge in [0.05, 0.1) is 16.3 Å². The van der Waals surface area contributed by atoms with Crippen LogP contribution in [0.3, 0.4) is 0 Å². The van der Waals surface area contributed by atoms with Gasteiger partial charge in [0.1, 0.15) is 5.52 Å². The Kier molecular flexibility index (Phi) is 8.20. The van der Waals surface area contributed by atoms with Gasteiger partial charge in [0.25, 0.3) is 0 Å². The van der Waals surface area contributed by atoms with Crippen molar-refractivity contribution >= 4 is 50.0 Å². The lowest BCUT2D eigenvalue weighted by Gasteiger charge is -2.35. The molecule has 0 spiro atoms. The predicted octanol–water partition coefficient (Wildman–Crippen LogP) is 6.62. The molecule has 1 aliphatic rings. The summed E-state index contributed by atoms with van der Waals surface area (Å²) in [4.78, 5) is 36.7. The van der Waals surface area contributed by atoms with Crippen LogP contribution in [0.2, 0.25) is 0 Å². The van der Waals surface area contributed by atoms with Gasteiger partial charge in [-0.1, -0.05) is 24.3 Å². The van der Waals surface area contributed by atoms with E-state index in [0.29, 0.717) is 40.5 Å². The summed E-state index contributed by atoms with van der Waals surface area (Å²) in [6.07, 6.45) is 3.85. The molecule has 1 atom stereocenters. The molecule has 3 aromatic heterocycles. The lowest BCUT2D eigenvalue weighted by Crippen LogP contribution is -2.38. The number of fused-ring (bicyclic) bond motifs is 1. The summed E-state index contributed by atoms with van der Waals surface area (Å²) in [5.74, 6) is -1.44. The van der Waals surface area contributed by atoms with Gasteiger partial charge in [0.2, 0.25) is 0 Å². The summed E-state index contributed by atoms with van der Waals surface area (Å²) in [5.41, 5.74) is 2.08. The number of nitrogens with zero attached hydrogens (tertiary/aromatic N) is 3. The van der Waals surface area contributed by atoms with Crippen molar-refractivity contribution in [3.8, 4) is 21.7 Å². The zero-order valence-electron chi connectivity index (χ0n) is 21.7. The zero-order chi connectivity index (χ0) is 27.5. The van der Waals surface area contributed by atoms with Crippen LogP contribution in [0.4, 0.5) is 14.3 Å². The van der Waals surface area contributed by atoms with Crippen molar-refractivity contribution in [2.24, 2.45) is 5.92 Å². The molecular formula is C28H30FN5O3S2. The monoisotopic (exact) mass is 567 g/mol. The fourth-order valence-corrected chi connectivity index (χ4v) is 7.29. The Morgan fingerprint density at radius 2 is 1.95 bits per heavy atom. The maximum absolute atomic E-state index is 16.1. The van der Waals surface area contributed by atoms with E-state index in [2.05, 4.69) is 32.4 Å². The number of carbonyl (C=O) groups excluding carboxylic acids is 1. The molecule has 3 N–H and O–H groups in total. The van der Waals surface area contributed by atoms with E-state index < -0.39 is 17.8 Å². The minimum absolute atomic E-state index is 0.146. The van der Waals surface area contributed by atoms with E-state index in [9.17, 15) is 14.7 Å². The highest BCUT2D eigenvalue weighted by Gasteiger charge is 2.29. The quantitative estimate of drug-likeness (QED) is 0.221. The first-order chi connectivity index (χ1) is 18.9. The van der Waals surface area contributed by atoms with E-state index in [-0.39, 0.29) is 17.5 Å². The Morgan fingerprint density at radius 1 is 1.15 bits per heavy atom. The number of piperidine rings is 1. The number of pyridine rings is 1. The van der Waals surface area contributed by atoms with Gasteiger partial charge >= 0.3 is 12.0 Å². The number of aliphatic carboxylic acids is 1. The van der Waals surface area contributed by atoms with Crippen LogP contribution in [0.1, 0.15) is 44.0 Å². The van der Waals surface area contributed by atoms with Gasteiger partial charge in [-0.3, -0.25) is 20.0 Å². The van der Waals surface area contributed by atoms with E-state index in [0.717, 1.165) is 34.8 Å². The van der Waals surface area contributed by atoms with Crippen molar-refractivity contribution in [2.45, 2.75) is 39.2 Å². The van der Waals surface area contributed by atoms with Gasteiger partial charge in [-0.25, -0.2) is 14.2 Å². The molecule has 0 saturated carbocycles. The topological polar surface area (TPSA) is 107 Å². The number of carbonyl (C=O) groups is 2. The Balaban J connectivity index is 1.52. The molecule has 39 heavy (non-hydrogen) atoms. The molecule has 1 saturated heterocycles. The number of carboxylic acid groups (broad SMARTS) is 1. The van der Waals surface area contributed by atoms with Crippen molar-refractivity contribution in [2.75, 3.05) is 25.0 Å². The highest BCUT2D eigenvalue weighted by atomic mass is 32.1. The van der Waals surface area contributed by atoms with Gasteiger partial charge in [-0.15, -0.1) is 11.3 Å². The Hall–Kier alpha value is -3.41. The van der Waals surface area contributed by atoms with Crippen molar-refractivity contribution in [3.05, 3.63) is 53.3 Å². The van der Waals surface area contributed by atoms with E-state index >= 15 is 4.39 Å². The number of hydrogen-bond acceptors (Lipinski definition) is 7. The number of rotatable bonds is 8. The fraction of sp³-hybridized carbons (Fsp3) is 0.357. The Labute approximate surface area is 233 Å². The third kappa shape index (κ3) is 5.66. The lowest BCUT2D eigenvalue weighted by atomic mass is 9.95. The maximum Gasteiger partial charge on any atom is 0.321 e. The second-order valence-electron chi connectivity index (χ2n) is 9.46. The molecule has 4 heterocycles. The lowest BCUT2D eigenvalue weighted by molar-refractivity contribution is -0.143. The van der Waals surface area contributed by atoms with Crippen LogP contribution >= 0.6 is 22.7 Å². The van der Waals surface area contributed by atoms with Crippen LogP contribution < -0.4 is 10.6 Å². The first kappa shape index (κ1) is 27.2. The molecule has 11 heteroatoms. The van der Waals surface area contributed by atoms with Crippen LogP contribution in [-0.4, -0.2) is 51.6 Å². The average molecular weight is 568 g/mol. The predicted molar refractivity (Wildman–Crippen MR) is 154 cm³/mol. The van der Waals surface area contributed by atoms with Crippen molar-refractivity contribution in [1.29, 1.82) is 0 Å². The smallest absolute Gasteiger partial charge is 0.321 e. The number of urea groups is 1. The van der Waals surface area contributed by atoms with Crippen molar-refractivity contribution in [3.63, 3.8) is 0 Å². The van der Waals surface area contributed by atoms with Gasteiger partial charge in [0.15, 0.2) is 10.9 Å². The largest absolute Gasteiger partial charge is 0.481 e. The van der Waals surface area contributed by atoms with Gasteiger partial charge in [-0.2, -0.15) is 0 Å². The summed E-state index contributed by atoms with van der Waals surface area (Å²) in [6.45, 7) is 5.86. The summed E-state index contributed by atoms with van der Waals surface area (Å²) < 4.78 is 16.7. The number of hydrogen-bond donors (Lipinski definition) is 3. The van der Waals surface area contributed by atoms with Crippen molar-refractivity contribution < 1.29 is 19.1 Å². The third-order valence-corrected chi connectivity index (χ3v) is 9.25. The molecule has 8 nitrogen and oxygen atoms in total. The number of amides is 2. The highest BCUT2D eigenvalue weighted by Crippen LogP contribution is 2.43. The standard InChI is InChI=1S/C28H30FN5O3S2/c1-3-20(34-13-10-16(11-14-34)26(35)36)22-9-8-21(38-22)18-15-17(19-7-5-6-12-31-19)25-24(23(18)29)32-28(39-25)33-27(37)30-4-2/h5-9,12,15-16,20H,3-4,10-11,13-14H2,1-2H3,(H,35,36)(H2,30,32,33,37). The average Bonchev–Trinajstić information content (AvgIpc) is 3.58. The van der Waals surface area contributed by atoms with E-state index in [1.807, 2.05) is 43.3 Å². The molecule has 1 unspecified atom stereocenters. The molecule has 5 rings (SSSR count). The third-order valence-electron chi connectivity index (χ3n) is 7.03. The fourth-order valence-electron chi connectivity index (χ4n) is 5.07. The summed E-state index contributed by atoms with van der Waals surface area (Å²) in [6, 6.07) is 11.2. The second-order valence-corrected chi connectivity index (χ2v) is 11.6. The number of carboxylic acids is 1. The SMILES string of the molecule is CCNC(=O)Nc1nc2c(F)c(-c3ccc(C(CC)N4CCC(C(=O)O)CC4)s3)cc(-c3ccccn3)c2s1. The Morgan fingerprint density at radius 3 is 2.62 bits per heavy atom. The van der Waals surface area contributed by atoms with Crippen LogP contribution in [0.15, 0.2) is 42.6 Å². The number of halogens is 1. The molecule has 1 fully saturated rings. The number of benzene rings is 1. The first-order valence-electron chi connectivity index (χ1n) is 13.1. The van der Waals surface area contributed by atoms with Crippen LogP contribution in [-0.2, 0) is 4.79 Å². The van der Waals surface area contributed by atoms with Crippen LogP contribution in [0, 0.1) is 11.7 Å². The minimum Gasteiger partial charge on any atom is -0.481 e. The van der Waals surface area contributed by atoms with E-state index in [4.69, 9.17) is 0 Å². The molecule has 0 aliphatic carbocycles. The van der Waals surface area contributed by atoms with E-state index in [1.165, 1.54) is 11.3 Å². The molecule has 1 aliphatic heterocycles. The van der Waals surface area contributed by atoms with Crippen LogP contribution in [0.25, 0.3) is 31.9 Å². The highest BCUT2D eigenvalue weighted by molar-refractivity contribution is 7.23. The van der Waals surface area contributed by atoms with E-state index in [1.54, 1.807) is 17.5 Å². The Bertz CT molecular complexity index is 1480. The number of aromatic nitrogens is 2. The maximum atomic E-state index is 16.1. The first-order valence-corrected chi connectivity index (χ1v) is 14.7. The van der Waals surface area contributed by atoms with Gasteiger partial charge in [0, 0.05) is 39.7 Å². The number of thiophene rings is 1. The molecule has 4 aromatic rings. The summed E-state index contributed by atoms with van der Waals surface area (Å²) >= 11 is 2.77.